The summed E-state index contributed by atoms with van der Waals surface area (Å²) in [6.07, 6.45) is 1.07. The van der Waals surface area contributed by atoms with Crippen LogP contribution in [0.1, 0.15) is 17.2 Å². The molecule has 0 aliphatic carbocycles. The van der Waals surface area contributed by atoms with Gasteiger partial charge in [0.1, 0.15) is 0 Å². The lowest BCUT2D eigenvalue weighted by molar-refractivity contribution is 0.240. The smallest absolute Gasteiger partial charge is 0.0626 e. The highest BCUT2D eigenvalue weighted by Crippen LogP contribution is 2.26. The molecule has 1 aliphatic rings. The predicted octanol–water partition coefficient (Wildman–Crippen LogP) is 1.47. The van der Waals surface area contributed by atoms with E-state index < -0.39 is 0 Å². The number of rotatable bonds is 1. The first-order valence-electron chi connectivity index (χ1n) is 4.44. The van der Waals surface area contributed by atoms with Gasteiger partial charge in [0, 0.05) is 3.57 Å². The van der Waals surface area contributed by atoms with E-state index in [-0.39, 0.29) is 12.6 Å². The van der Waals surface area contributed by atoms with E-state index in [1.165, 1.54) is 14.7 Å². The average molecular weight is 289 g/mol. The van der Waals surface area contributed by atoms with Crippen LogP contribution in [0, 0.1) is 3.57 Å². The van der Waals surface area contributed by atoms with E-state index >= 15 is 0 Å². The lowest BCUT2D eigenvalue weighted by atomic mass is 9.95. The Balaban J connectivity index is 2.45. The lowest BCUT2D eigenvalue weighted by Gasteiger charge is -2.26. The SMILES string of the molecule is OC[C@H]1NCCc2c(I)cccc21. The fraction of sp³-hybridized carbons (Fsp3) is 0.400. The molecule has 13 heavy (non-hydrogen) atoms. The normalized spacial score (nSPS) is 21.2. The Labute approximate surface area is 91.5 Å². The Kier molecular flexibility index (Phi) is 2.86. The molecule has 2 nitrogen and oxygen atoms in total. The van der Waals surface area contributed by atoms with Crippen LogP contribution in [-0.2, 0) is 6.42 Å². The van der Waals surface area contributed by atoms with Gasteiger partial charge in [-0.3, -0.25) is 0 Å². The molecule has 1 aliphatic heterocycles. The highest BCUT2D eigenvalue weighted by molar-refractivity contribution is 14.1. The quantitative estimate of drug-likeness (QED) is 0.767. The Morgan fingerprint density at radius 2 is 2.38 bits per heavy atom. The van der Waals surface area contributed by atoms with Crippen LogP contribution < -0.4 is 5.32 Å². The van der Waals surface area contributed by atoms with Crippen LogP contribution in [-0.4, -0.2) is 18.3 Å². The third-order valence-corrected chi connectivity index (χ3v) is 3.49. The molecule has 1 aromatic carbocycles. The van der Waals surface area contributed by atoms with Crippen LogP contribution >= 0.6 is 22.6 Å². The number of hydrogen-bond acceptors (Lipinski definition) is 2. The van der Waals surface area contributed by atoms with Gasteiger partial charge < -0.3 is 10.4 Å². The molecule has 0 amide bonds. The fourth-order valence-corrected chi connectivity index (χ4v) is 2.60. The molecule has 0 spiro atoms. The molecule has 0 bridgehead atoms. The number of fused-ring (bicyclic) bond motifs is 1. The van der Waals surface area contributed by atoms with E-state index in [1.54, 1.807) is 0 Å². The largest absolute Gasteiger partial charge is 0.394 e. The van der Waals surface area contributed by atoms with Crippen molar-refractivity contribution in [3.05, 3.63) is 32.9 Å². The Hall–Kier alpha value is -0.130. The fourth-order valence-electron chi connectivity index (χ4n) is 1.81. The van der Waals surface area contributed by atoms with Gasteiger partial charge in [0.2, 0.25) is 0 Å². The number of aliphatic hydroxyl groups excluding tert-OH is 1. The summed E-state index contributed by atoms with van der Waals surface area (Å²) < 4.78 is 1.31. The summed E-state index contributed by atoms with van der Waals surface area (Å²) in [5, 5.41) is 12.5. The number of hydrogen-bond donors (Lipinski definition) is 2. The summed E-state index contributed by atoms with van der Waals surface area (Å²) in [5.41, 5.74) is 2.67. The van der Waals surface area contributed by atoms with Crippen molar-refractivity contribution >= 4 is 22.6 Å². The van der Waals surface area contributed by atoms with Crippen LogP contribution in [0.5, 0.6) is 0 Å². The summed E-state index contributed by atoms with van der Waals surface area (Å²) in [5.74, 6) is 0. The van der Waals surface area contributed by atoms with Gasteiger partial charge in [0.05, 0.1) is 12.6 Å². The Bertz CT molecular complexity index is 314. The molecule has 0 saturated heterocycles. The molecule has 3 heteroatoms. The van der Waals surface area contributed by atoms with E-state index in [4.69, 9.17) is 5.11 Å². The van der Waals surface area contributed by atoms with Crippen molar-refractivity contribution < 1.29 is 5.11 Å². The van der Waals surface area contributed by atoms with E-state index in [1.807, 2.05) is 0 Å². The van der Waals surface area contributed by atoms with E-state index in [0.717, 1.165) is 13.0 Å². The van der Waals surface area contributed by atoms with E-state index in [2.05, 4.69) is 46.1 Å². The molecule has 0 unspecified atom stereocenters. The molecule has 1 heterocycles. The summed E-state index contributed by atoms with van der Waals surface area (Å²) in [4.78, 5) is 0. The van der Waals surface area contributed by atoms with Gasteiger partial charge in [0.15, 0.2) is 0 Å². The monoisotopic (exact) mass is 289 g/mol. The van der Waals surface area contributed by atoms with Crippen molar-refractivity contribution in [2.45, 2.75) is 12.5 Å². The predicted molar refractivity (Wildman–Crippen MR) is 60.7 cm³/mol. The molecular weight excluding hydrogens is 277 g/mol. The molecule has 2 rings (SSSR count). The van der Waals surface area contributed by atoms with Gasteiger partial charge in [-0.2, -0.15) is 0 Å². The van der Waals surface area contributed by atoms with Crippen LogP contribution in [0.3, 0.4) is 0 Å². The second-order valence-corrected chi connectivity index (χ2v) is 4.41. The zero-order valence-electron chi connectivity index (χ0n) is 7.26. The lowest BCUT2D eigenvalue weighted by Crippen LogP contribution is -2.32. The molecule has 0 fully saturated rings. The topological polar surface area (TPSA) is 32.3 Å². The van der Waals surface area contributed by atoms with Gasteiger partial charge in [-0.05, 0) is 52.7 Å². The summed E-state index contributed by atoms with van der Waals surface area (Å²) in [6, 6.07) is 6.42. The standard InChI is InChI=1S/C10H12INO/c11-9-3-1-2-8-7(9)4-5-12-10(8)6-13/h1-3,10,12-13H,4-6H2/t10-/m1/s1. The first kappa shape index (κ1) is 9.43. The number of benzene rings is 1. The maximum absolute atomic E-state index is 9.16. The van der Waals surface area contributed by atoms with Gasteiger partial charge >= 0.3 is 0 Å². The first-order chi connectivity index (χ1) is 6.33. The van der Waals surface area contributed by atoms with Crippen molar-refractivity contribution in [3.63, 3.8) is 0 Å². The van der Waals surface area contributed by atoms with Crippen LogP contribution in [0.15, 0.2) is 18.2 Å². The van der Waals surface area contributed by atoms with Crippen molar-refractivity contribution in [1.82, 2.24) is 5.32 Å². The van der Waals surface area contributed by atoms with Crippen molar-refractivity contribution in [1.29, 1.82) is 0 Å². The van der Waals surface area contributed by atoms with Crippen LogP contribution in [0.25, 0.3) is 0 Å². The number of aliphatic hydroxyl groups is 1. The minimum atomic E-state index is 0.137. The Morgan fingerprint density at radius 3 is 3.15 bits per heavy atom. The maximum atomic E-state index is 9.16. The van der Waals surface area contributed by atoms with Gasteiger partial charge in [-0.15, -0.1) is 0 Å². The third-order valence-electron chi connectivity index (χ3n) is 2.48. The molecule has 1 aromatic rings. The van der Waals surface area contributed by atoms with Crippen LogP contribution in [0.2, 0.25) is 0 Å². The van der Waals surface area contributed by atoms with Crippen molar-refractivity contribution in [2.75, 3.05) is 13.2 Å². The zero-order valence-corrected chi connectivity index (χ0v) is 9.41. The minimum Gasteiger partial charge on any atom is -0.394 e. The van der Waals surface area contributed by atoms with Crippen LogP contribution in [0.4, 0.5) is 0 Å². The molecule has 0 radical (unpaired) electrons. The summed E-state index contributed by atoms with van der Waals surface area (Å²) >= 11 is 2.36. The summed E-state index contributed by atoms with van der Waals surface area (Å²) in [6.45, 7) is 1.16. The Morgan fingerprint density at radius 1 is 1.54 bits per heavy atom. The second-order valence-electron chi connectivity index (χ2n) is 3.25. The maximum Gasteiger partial charge on any atom is 0.0626 e. The highest BCUT2D eigenvalue weighted by Gasteiger charge is 2.19. The molecule has 0 saturated carbocycles. The van der Waals surface area contributed by atoms with E-state index in [9.17, 15) is 0 Å². The number of nitrogens with one attached hydrogen (secondary N) is 1. The van der Waals surface area contributed by atoms with Gasteiger partial charge in [-0.25, -0.2) is 0 Å². The van der Waals surface area contributed by atoms with Gasteiger partial charge in [-0.1, -0.05) is 12.1 Å². The second kappa shape index (κ2) is 3.94. The molecular formula is C10H12INO. The average Bonchev–Trinajstić information content (AvgIpc) is 2.18. The van der Waals surface area contributed by atoms with Gasteiger partial charge in [0.25, 0.3) is 0 Å². The van der Waals surface area contributed by atoms with Crippen molar-refractivity contribution in [3.8, 4) is 0 Å². The molecule has 70 valence electrons. The molecule has 1 atom stereocenters. The zero-order chi connectivity index (χ0) is 9.26. The highest BCUT2D eigenvalue weighted by atomic mass is 127. The molecule has 2 N–H and O–H groups in total. The van der Waals surface area contributed by atoms with Crippen molar-refractivity contribution in [2.24, 2.45) is 0 Å². The molecule has 0 aromatic heterocycles. The van der Waals surface area contributed by atoms with E-state index in [0.29, 0.717) is 0 Å². The first-order valence-corrected chi connectivity index (χ1v) is 5.52. The summed E-state index contributed by atoms with van der Waals surface area (Å²) in [7, 11) is 0. The minimum absolute atomic E-state index is 0.137. The third kappa shape index (κ3) is 1.73. The number of halogens is 1.